The van der Waals surface area contributed by atoms with E-state index in [0.717, 1.165) is 29.8 Å². The minimum Gasteiger partial charge on any atom is -0.494 e. The molecule has 4 heteroatoms. The molecule has 0 radical (unpaired) electrons. The van der Waals surface area contributed by atoms with Crippen molar-refractivity contribution in [2.24, 2.45) is 0 Å². The highest BCUT2D eigenvalue weighted by molar-refractivity contribution is 6.04. The van der Waals surface area contributed by atoms with Crippen molar-refractivity contribution in [1.82, 2.24) is 0 Å². The van der Waals surface area contributed by atoms with Crippen LogP contribution in [-0.4, -0.2) is 19.1 Å². The normalized spacial score (nSPS) is 10.6. The summed E-state index contributed by atoms with van der Waals surface area (Å²) in [7, 11) is 0. The maximum absolute atomic E-state index is 12.6. The number of benzene rings is 2. The van der Waals surface area contributed by atoms with E-state index in [0.29, 0.717) is 25.4 Å². The molecule has 0 spiro atoms. The van der Waals surface area contributed by atoms with Crippen molar-refractivity contribution in [2.75, 3.05) is 18.5 Å². The molecule has 0 aromatic heterocycles. The molecule has 0 aliphatic rings. The van der Waals surface area contributed by atoms with Gasteiger partial charge >= 0.3 is 0 Å². The summed E-state index contributed by atoms with van der Waals surface area (Å²) in [5, 5.41) is 2.97. The van der Waals surface area contributed by atoms with Crippen LogP contribution in [0.15, 0.2) is 42.5 Å². The Balaban J connectivity index is 2.07. The first kappa shape index (κ1) is 21.0. The lowest BCUT2D eigenvalue weighted by Gasteiger charge is -2.13. The van der Waals surface area contributed by atoms with Gasteiger partial charge in [-0.2, -0.15) is 0 Å². The summed E-state index contributed by atoms with van der Waals surface area (Å²) >= 11 is 0. The zero-order valence-electron chi connectivity index (χ0n) is 16.7. The highest BCUT2D eigenvalue weighted by atomic mass is 16.5. The van der Waals surface area contributed by atoms with Crippen molar-refractivity contribution >= 4 is 11.6 Å². The van der Waals surface area contributed by atoms with Gasteiger partial charge in [-0.15, -0.1) is 0 Å². The van der Waals surface area contributed by atoms with E-state index in [4.69, 9.17) is 9.47 Å². The first-order valence-corrected chi connectivity index (χ1v) is 9.91. The van der Waals surface area contributed by atoms with Gasteiger partial charge in [0.2, 0.25) is 0 Å². The van der Waals surface area contributed by atoms with E-state index < -0.39 is 0 Å². The van der Waals surface area contributed by atoms with E-state index in [1.165, 1.54) is 18.4 Å². The minimum atomic E-state index is -0.129. The van der Waals surface area contributed by atoms with E-state index in [-0.39, 0.29) is 5.91 Å². The predicted molar refractivity (Wildman–Crippen MR) is 111 cm³/mol. The van der Waals surface area contributed by atoms with Gasteiger partial charge in [-0.25, -0.2) is 0 Å². The molecular formula is C23H31NO3. The van der Waals surface area contributed by atoms with E-state index in [1.807, 2.05) is 31.2 Å². The molecule has 0 aliphatic heterocycles. The van der Waals surface area contributed by atoms with E-state index in [2.05, 4.69) is 31.3 Å². The monoisotopic (exact) mass is 369 g/mol. The Labute approximate surface area is 162 Å². The second-order valence-corrected chi connectivity index (χ2v) is 6.56. The summed E-state index contributed by atoms with van der Waals surface area (Å²) in [6.07, 6.45) is 4.39. The van der Waals surface area contributed by atoms with Crippen molar-refractivity contribution in [2.45, 2.75) is 53.1 Å². The highest BCUT2D eigenvalue weighted by Gasteiger charge is 2.11. The molecule has 0 saturated carbocycles. The van der Waals surface area contributed by atoms with Crippen molar-refractivity contribution in [3.8, 4) is 5.75 Å². The quantitative estimate of drug-likeness (QED) is 0.524. The summed E-state index contributed by atoms with van der Waals surface area (Å²) in [5.41, 5.74) is 3.60. The summed E-state index contributed by atoms with van der Waals surface area (Å²) < 4.78 is 11.3. The first-order chi connectivity index (χ1) is 13.2. The lowest BCUT2D eigenvalue weighted by atomic mass is 10.1. The minimum absolute atomic E-state index is 0.129. The Bertz CT molecular complexity index is 710. The Morgan fingerprint density at radius 1 is 1.00 bits per heavy atom. The molecule has 2 rings (SSSR count). The van der Waals surface area contributed by atoms with Gasteiger partial charge in [0.05, 0.1) is 13.2 Å². The molecule has 4 nitrogen and oxygen atoms in total. The van der Waals surface area contributed by atoms with Crippen molar-refractivity contribution in [1.29, 1.82) is 0 Å². The van der Waals surface area contributed by atoms with Crippen LogP contribution < -0.4 is 10.1 Å². The second-order valence-electron chi connectivity index (χ2n) is 6.56. The Kier molecular flexibility index (Phi) is 8.85. The zero-order chi connectivity index (χ0) is 19.5. The van der Waals surface area contributed by atoms with E-state index in [9.17, 15) is 4.79 Å². The zero-order valence-corrected chi connectivity index (χ0v) is 16.7. The molecule has 0 fully saturated rings. The average molecular weight is 370 g/mol. The number of nitrogens with one attached hydrogen (secondary N) is 1. The maximum atomic E-state index is 12.6. The maximum Gasteiger partial charge on any atom is 0.255 e. The van der Waals surface area contributed by atoms with Crippen LogP contribution in [0.3, 0.4) is 0 Å². The van der Waals surface area contributed by atoms with Crippen molar-refractivity contribution in [3.05, 3.63) is 59.2 Å². The number of amides is 1. The number of carbonyl (C=O) groups excluding carboxylic acids is 1. The molecule has 0 aliphatic carbocycles. The molecule has 146 valence electrons. The first-order valence-electron chi connectivity index (χ1n) is 9.91. The fourth-order valence-corrected chi connectivity index (χ4v) is 2.80. The Hall–Kier alpha value is -2.33. The van der Waals surface area contributed by atoms with Gasteiger partial charge in [-0.05, 0) is 62.1 Å². The predicted octanol–water partition coefficient (Wildman–Crippen LogP) is 5.61. The van der Waals surface area contributed by atoms with Crippen LogP contribution in [-0.2, 0) is 17.8 Å². The van der Waals surface area contributed by atoms with Gasteiger partial charge in [-0.3, -0.25) is 4.79 Å². The van der Waals surface area contributed by atoms with Gasteiger partial charge in [0.1, 0.15) is 5.75 Å². The molecule has 1 N–H and O–H groups in total. The number of anilines is 1. The number of hydrogen-bond acceptors (Lipinski definition) is 3. The Morgan fingerprint density at radius 3 is 2.44 bits per heavy atom. The fourth-order valence-electron chi connectivity index (χ4n) is 2.80. The van der Waals surface area contributed by atoms with E-state index in [1.54, 1.807) is 6.07 Å². The number of rotatable bonds is 11. The van der Waals surface area contributed by atoms with Gasteiger partial charge in [0.25, 0.3) is 5.91 Å². The lowest BCUT2D eigenvalue weighted by Crippen LogP contribution is -2.13. The van der Waals surface area contributed by atoms with Crippen LogP contribution in [0.2, 0.25) is 0 Å². The Morgan fingerprint density at radius 2 is 1.78 bits per heavy atom. The van der Waals surface area contributed by atoms with E-state index >= 15 is 0 Å². The molecule has 2 aromatic carbocycles. The lowest BCUT2D eigenvalue weighted by molar-refractivity contribution is 0.102. The molecule has 0 bridgehead atoms. The fraction of sp³-hybridized carbons (Fsp3) is 0.435. The standard InChI is InChI=1S/C23H31NO3/c1-4-7-8-18-9-12-21(13-10-18)24-23(25)19-11-14-22(27-6-3)20(16-19)17-26-15-5-2/h9-14,16H,4-8,15,17H2,1-3H3,(H,24,25). The molecule has 27 heavy (non-hydrogen) atoms. The van der Waals surface area contributed by atoms with Gasteiger partial charge in [0.15, 0.2) is 0 Å². The summed E-state index contributed by atoms with van der Waals surface area (Å²) in [5.74, 6) is 0.640. The molecule has 0 saturated heterocycles. The number of carbonyl (C=O) groups is 1. The summed E-state index contributed by atoms with van der Waals surface area (Å²) in [4.78, 5) is 12.6. The van der Waals surface area contributed by atoms with Crippen LogP contribution in [0.4, 0.5) is 5.69 Å². The van der Waals surface area contributed by atoms with Gasteiger partial charge in [-0.1, -0.05) is 32.4 Å². The summed E-state index contributed by atoms with van der Waals surface area (Å²) in [6.45, 7) is 7.91. The molecule has 0 heterocycles. The third-order valence-corrected chi connectivity index (χ3v) is 4.26. The number of hydrogen-bond donors (Lipinski definition) is 1. The molecule has 0 atom stereocenters. The van der Waals surface area contributed by atoms with Crippen LogP contribution in [0, 0.1) is 0 Å². The SMILES string of the molecule is CCCCc1ccc(NC(=O)c2ccc(OCC)c(COCCC)c2)cc1. The largest absolute Gasteiger partial charge is 0.494 e. The average Bonchev–Trinajstić information content (AvgIpc) is 2.69. The molecular weight excluding hydrogens is 338 g/mol. The second kappa shape index (κ2) is 11.4. The molecule has 1 amide bonds. The van der Waals surface area contributed by atoms with Crippen molar-refractivity contribution < 1.29 is 14.3 Å². The van der Waals surface area contributed by atoms with Crippen molar-refractivity contribution in [3.63, 3.8) is 0 Å². The van der Waals surface area contributed by atoms with Crippen LogP contribution in [0.1, 0.15) is 61.5 Å². The van der Waals surface area contributed by atoms with Crippen LogP contribution in [0.25, 0.3) is 0 Å². The smallest absolute Gasteiger partial charge is 0.255 e. The third-order valence-electron chi connectivity index (χ3n) is 4.26. The highest BCUT2D eigenvalue weighted by Crippen LogP contribution is 2.22. The molecule has 2 aromatic rings. The van der Waals surface area contributed by atoms with Crippen LogP contribution >= 0.6 is 0 Å². The number of unbranched alkanes of at least 4 members (excludes halogenated alkanes) is 1. The molecule has 0 unspecified atom stereocenters. The van der Waals surface area contributed by atoms with Gasteiger partial charge in [0, 0.05) is 23.4 Å². The third kappa shape index (κ3) is 6.72. The summed E-state index contributed by atoms with van der Waals surface area (Å²) in [6, 6.07) is 13.6. The number of aryl methyl sites for hydroxylation is 1. The number of ether oxygens (including phenoxy) is 2. The topological polar surface area (TPSA) is 47.6 Å². The van der Waals surface area contributed by atoms with Gasteiger partial charge < -0.3 is 14.8 Å². The van der Waals surface area contributed by atoms with Crippen LogP contribution in [0.5, 0.6) is 5.75 Å².